The lowest BCUT2D eigenvalue weighted by atomic mass is 10.4. The zero-order valence-corrected chi connectivity index (χ0v) is 12.4. The van der Waals surface area contributed by atoms with Crippen molar-refractivity contribution in [3.05, 3.63) is 53.4 Å². The Labute approximate surface area is 126 Å². The van der Waals surface area contributed by atoms with Crippen LogP contribution < -0.4 is 5.32 Å². The molecule has 0 aliphatic heterocycles. The van der Waals surface area contributed by atoms with Crippen LogP contribution in [-0.4, -0.2) is 21.4 Å². The minimum Gasteiger partial charge on any atom is -0.314 e. The van der Waals surface area contributed by atoms with E-state index in [2.05, 4.69) is 19.7 Å². The molecule has 0 radical (unpaired) electrons. The Bertz CT molecular complexity index is 724. The first kappa shape index (κ1) is 13.4. The molecule has 0 saturated heterocycles. The highest BCUT2D eigenvalue weighted by Gasteiger charge is 2.13. The normalized spacial score (nSPS) is 11.1. The molecule has 102 valence electrons. The summed E-state index contributed by atoms with van der Waals surface area (Å²) in [6.45, 7) is 0.751. The zero-order chi connectivity index (χ0) is 13.9. The van der Waals surface area contributed by atoms with Crippen molar-refractivity contribution in [2.75, 3.05) is 7.05 Å². The molecule has 0 aliphatic rings. The Morgan fingerprint density at radius 1 is 1.30 bits per heavy atom. The summed E-state index contributed by atoms with van der Waals surface area (Å²) in [5.74, 6) is 0. The van der Waals surface area contributed by atoms with Gasteiger partial charge in [0.1, 0.15) is 15.7 Å². The molecule has 0 saturated carbocycles. The maximum atomic E-state index is 5.86. The van der Waals surface area contributed by atoms with Gasteiger partial charge in [0, 0.05) is 18.9 Å². The lowest BCUT2D eigenvalue weighted by Crippen LogP contribution is -2.08. The third kappa shape index (κ3) is 2.65. The second kappa shape index (κ2) is 5.83. The quantitative estimate of drug-likeness (QED) is 0.803. The highest BCUT2D eigenvalue weighted by Crippen LogP contribution is 2.29. The van der Waals surface area contributed by atoms with E-state index in [9.17, 15) is 0 Å². The fraction of sp³-hybridized carbons (Fsp3) is 0.143. The molecule has 20 heavy (non-hydrogen) atoms. The average Bonchev–Trinajstić information content (AvgIpc) is 2.80. The van der Waals surface area contributed by atoms with Gasteiger partial charge in [-0.15, -0.1) is 0 Å². The molecule has 1 N–H and O–H groups in total. The molecule has 3 heterocycles. The highest BCUT2D eigenvalue weighted by atomic mass is 35.5. The Hall–Kier alpha value is -1.56. The fourth-order valence-electron chi connectivity index (χ4n) is 1.96. The van der Waals surface area contributed by atoms with Crippen molar-refractivity contribution in [1.29, 1.82) is 0 Å². The third-order valence-electron chi connectivity index (χ3n) is 2.84. The number of aromatic nitrogens is 3. The van der Waals surface area contributed by atoms with Crippen molar-refractivity contribution in [3.63, 3.8) is 0 Å². The highest BCUT2D eigenvalue weighted by molar-refractivity contribution is 7.99. The molecule has 0 fully saturated rings. The van der Waals surface area contributed by atoms with Crippen LogP contribution in [-0.2, 0) is 6.54 Å². The first-order valence-corrected chi connectivity index (χ1v) is 7.37. The molecule has 3 rings (SSSR count). The first-order valence-electron chi connectivity index (χ1n) is 6.18. The second-order valence-electron chi connectivity index (χ2n) is 4.24. The number of halogens is 1. The minimum atomic E-state index is 0.639. The molecule has 0 bridgehead atoms. The molecule has 4 nitrogen and oxygen atoms in total. The number of fused-ring (bicyclic) bond motifs is 1. The summed E-state index contributed by atoms with van der Waals surface area (Å²) in [6.07, 6.45) is 3.67. The van der Waals surface area contributed by atoms with Gasteiger partial charge in [-0.25, -0.2) is 9.97 Å². The van der Waals surface area contributed by atoms with Crippen molar-refractivity contribution < 1.29 is 0 Å². The standard InChI is InChI=1S/C14H13ClN4S/c1-16-9-11-14(18-12-4-2-3-7-19(11)12)20-13-6-5-10(15)8-17-13/h2-8,16H,9H2,1H3. The van der Waals surface area contributed by atoms with Gasteiger partial charge in [0.25, 0.3) is 0 Å². The molecule has 0 spiro atoms. The summed E-state index contributed by atoms with van der Waals surface area (Å²) in [6, 6.07) is 9.73. The molecular weight excluding hydrogens is 292 g/mol. The van der Waals surface area contributed by atoms with Crippen molar-refractivity contribution in [3.8, 4) is 0 Å². The van der Waals surface area contributed by atoms with Crippen molar-refractivity contribution in [2.24, 2.45) is 0 Å². The number of hydrogen-bond acceptors (Lipinski definition) is 4. The van der Waals surface area contributed by atoms with E-state index < -0.39 is 0 Å². The molecule has 0 atom stereocenters. The van der Waals surface area contributed by atoms with Crippen LogP contribution in [0.2, 0.25) is 5.02 Å². The zero-order valence-electron chi connectivity index (χ0n) is 10.9. The topological polar surface area (TPSA) is 42.2 Å². The van der Waals surface area contributed by atoms with Crippen LogP contribution in [0.5, 0.6) is 0 Å². The summed E-state index contributed by atoms with van der Waals surface area (Å²) < 4.78 is 2.09. The summed E-state index contributed by atoms with van der Waals surface area (Å²) in [5, 5.41) is 5.66. The maximum Gasteiger partial charge on any atom is 0.138 e. The van der Waals surface area contributed by atoms with E-state index in [1.807, 2.05) is 43.6 Å². The van der Waals surface area contributed by atoms with E-state index >= 15 is 0 Å². The van der Waals surface area contributed by atoms with Crippen molar-refractivity contribution in [2.45, 2.75) is 16.6 Å². The van der Waals surface area contributed by atoms with E-state index in [1.165, 1.54) is 0 Å². The Morgan fingerprint density at radius 2 is 2.20 bits per heavy atom. The molecule has 0 aliphatic carbocycles. The van der Waals surface area contributed by atoms with Crippen LogP contribution in [0.15, 0.2) is 52.8 Å². The minimum absolute atomic E-state index is 0.639. The Morgan fingerprint density at radius 3 is 2.95 bits per heavy atom. The number of nitrogens with zero attached hydrogens (tertiary/aromatic N) is 3. The van der Waals surface area contributed by atoms with Crippen LogP contribution in [0.25, 0.3) is 5.65 Å². The summed E-state index contributed by atoms with van der Waals surface area (Å²) in [4.78, 5) is 8.97. The van der Waals surface area contributed by atoms with Crippen molar-refractivity contribution in [1.82, 2.24) is 19.7 Å². The predicted molar refractivity (Wildman–Crippen MR) is 81.3 cm³/mol. The number of nitrogens with one attached hydrogen (secondary N) is 1. The van der Waals surface area contributed by atoms with Crippen LogP contribution in [0, 0.1) is 0 Å². The summed E-state index contributed by atoms with van der Waals surface area (Å²) in [7, 11) is 1.93. The first-order chi connectivity index (χ1) is 9.78. The van der Waals surface area contributed by atoms with Gasteiger partial charge in [0.05, 0.1) is 10.7 Å². The van der Waals surface area contributed by atoms with Crippen LogP contribution in [0.4, 0.5) is 0 Å². The number of rotatable bonds is 4. The number of imidazole rings is 1. The molecule has 3 aromatic rings. The van der Waals surface area contributed by atoms with E-state index in [1.54, 1.807) is 18.0 Å². The Kier molecular flexibility index (Phi) is 3.91. The molecule has 0 unspecified atom stereocenters. The third-order valence-corrected chi connectivity index (χ3v) is 4.03. The smallest absolute Gasteiger partial charge is 0.138 e. The fourth-order valence-corrected chi connectivity index (χ4v) is 2.94. The van der Waals surface area contributed by atoms with Crippen molar-refractivity contribution >= 4 is 29.0 Å². The van der Waals surface area contributed by atoms with E-state index in [4.69, 9.17) is 11.6 Å². The lowest BCUT2D eigenvalue weighted by molar-refractivity contribution is 0.764. The molecule has 6 heteroatoms. The average molecular weight is 305 g/mol. The lowest BCUT2D eigenvalue weighted by Gasteiger charge is -2.03. The summed E-state index contributed by atoms with van der Waals surface area (Å²) >= 11 is 7.41. The maximum absolute atomic E-state index is 5.86. The van der Waals surface area contributed by atoms with E-state index in [-0.39, 0.29) is 0 Å². The van der Waals surface area contributed by atoms with Crippen LogP contribution in [0.3, 0.4) is 0 Å². The van der Waals surface area contributed by atoms with Gasteiger partial charge >= 0.3 is 0 Å². The van der Waals surface area contributed by atoms with Crippen LogP contribution in [0.1, 0.15) is 5.69 Å². The van der Waals surface area contributed by atoms with Gasteiger partial charge in [0.2, 0.25) is 0 Å². The van der Waals surface area contributed by atoms with E-state index in [0.717, 1.165) is 27.9 Å². The Balaban J connectivity index is 2.01. The predicted octanol–water partition coefficient (Wildman–Crippen LogP) is 3.25. The molecule has 0 aromatic carbocycles. The molecule has 3 aromatic heterocycles. The number of pyridine rings is 2. The second-order valence-corrected chi connectivity index (χ2v) is 5.69. The van der Waals surface area contributed by atoms with Gasteiger partial charge in [-0.2, -0.15) is 0 Å². The number of hydrogen-bond donors (Lipinski definition) is 1. The van der Waals surface area contributed by atoms with Gasteiger partial charge in [-0.3, -0.25) is 0 Å². The van der Waals surface area contributed by atoms with Gasteiger partial charge in [-0.1, -0.05) is 17.7 Å². The SMILES string of the molecule is CNCc1c(Sc2ccc(Cl)cn2)nc2ccccn12. The van der Waals surface area contributed by atoms with Crippen LogP contribution >= 0.6 is 23.4 Å². The van der Waals surface area contributed by atoms with Gasteiger partial charge in [0.15, 0.2) is 0 Å². The molecule has 0 amide bonds. The van der Waals surface area contributed by atoms with Gasteiger partial charge in [-0.05, 0) is 43.1 Å². The summed E-state index contributed by atoms with van der Waals surface area (Å²) in [5.41, 5.74) is 2.07. The monoisotopic (exact) mass is 304 g/mol. The van der Waals surface area contributed by atoms with E-state index in [0.29, 0.717) is 5.02 Å². The largest absolute Gasteiger partial charge is 0.314 e. The van der Waals surface area contributed by atoms with Gasteiger partial charge < -0.3 is 9.72 Å². The molecular formula is C14H13ClN4S.